The van der Waals surface area contributed by atoms with Crippen molar-refractivity contribution in [2.24, 2.45) is 0 Å². The summed E-state index contributed by atoms with van der Waals surface area (Å²) in [5.41, 5.74) is 0.842. The number of ether oxygens (including phenoxy) is 2. The standard InChI is InChI=1S/C14H19ClO3/c1-17-14-9-10(4-6-12(14)15)13(16)7-5-11-3-2-8-18-11/h4,6,9,11,13,16H,2-3,5,7-8H2,1H3. The Kier molecular flexibility index (Phi) is 4.87. The largest absolute Gasteiger partial charge is 0.495 e. The van der Waals surface area contributed by atoms with Crippen LogP contribution in [0.5, 0.6) is 5.75 Å². The first-order valence-electron chi connectivity index (χ1n) is 6.34. The molecule has 0 aliphatic carbocycles. The molecule has 18 heavy (non-hydrogen) atoms. The highest BCUT2D eigenvalue weighted by atomic mass is 35.5. The molecule has 0 saturated carbocycles. The molecular weight excluding hydrogens is 252 g/mol. The van der Waals surface area contributed by atoms with Crippen molar-refractivity contribution in [2.75, 3.05) is 13.7 Å². The Balaban J connectivity index is 1.93. The van der Waals surface area contributed by atoms with Crippen molar-refractivity contribution in [1.29, 1.82) is 0 Å². The first kappa shape index (κ1) is 13.7. The number of halogens is 1. The Hall–Kier alpha value is -0.770. The molecular formula is C14H19ClO3. The predicted octanol–water partition coefficient (Wildman–Crippen LogP) is 3.34. The Morgan fingerprint density at radius 3 is 3.06 bits per heavy atom. The predicted molar refractivity (Wildman–Crippen MR) is 71.2 cm³/mol. The zero-order valence-electron chi connectivity index (χ0n) is 10.6. The molecule has 1 fully saturated rings. The second kappa shape index (κ2) is 6.41. The maximum atomic E-state index is 10.1. The molecule has 1 aliphatic rings. The molecule has 2 atom stereocenters. The fraction of sp³-hybridized carbons (Fsp3) is 0.571. The zero-order chi connectivity index (χ0) is 13.0. The van der Waals surface area contributed by atoms with Crippen LogP contribution < -0.4 is 4.74 Å². The summed E-state index contributed by atoms with van der Waals surface area (Å²) in [7, 11) is 1.57. The van der Waals surface area contributed by atoms with Gasteiger partial charge in [-0.1, -0.05) is 17.7 Å². The van der Waals surface area contributed by atoms with Gasteiger partial charge < -0.3 is 14.6 Å². The van der Waals surface area contributed by atoms with Gasteiger partial charge in [0.1, 0.15) is 5.75 Å². The summed E-state index contributed by atoms with van der Waals surface area (Å²) in [6.45, 7) is 0.857. The van der Waals surface area contributed by atoms with Crippen molar-refractivity contribution in [2.45, 2.75) is 37.9 Å². The van der Waals surface area contributed by atoms with Crippen LogP contribution in [0, 0.1) is 0 Å². The fourth-order valence-corrected chi connectivity index (χ4v) is 2.46. The van der Waals surface area contributed by atoms with Gasteiger partial charge >= 0.3 is 0 Å². The van der Waals surface area contributed by atoms with Crippen molar-refractivity contribution in [3.63, 3.8) is 0 Å². The number of hydrogen-bond acceptors (Lipinski definition) is 3. The van der Waals surface area contributed by atoms with Crippen LogP contribution in [0.15, 0.2) is 18.2 Å². The molecule has 100 valence electrons. The van der Waals surface area contributed by atoms with E-state index in [2.05, 4.69) is 0 Å². The summed E-state index contributed by atoms with van der Waals surface area (Å²) in [6, 6.07) is 5.39. The van der Waals surface area contributed by atoms with E-state index >= 15 is 0 Å². The van der Waals surface area contributed by atoms with E-state index in [1.807, 2.05) is 6.07 Å². The van der Waals surface area contributed by atoms with Gasteiger partial charge in [-0.3, -0.25) is 0 Å². The maximum absolute atomic E-state index is 10.1. The van der Waals surface area contributed by atoms with E-state index in [1.54, 1.807) is 19.2 Å². The molecule has 0 aromatic heterocycles. The van der Waals surface area contributed by atoms with Gasteiger partial charge in [0.25, 0.3) is 0 Å². The first-order chi connectivity index (χ1) is 8.70. The van der Waals surface area contributed by atoms with Gasteiger partial charge in [-0.15, -0.1) is 0 Å². The summed E-state index contributed by atoms with van der Waals surface area (Å²) in [4.78, 5) is 0. The average Bonchev–Trinajstić information content (AvgIpc) is 2.89. The summed E-state index contributed by atoms with van der Waals surface area (Å²) in [5.74, 6) is 0.602. The molecule has 1 N–H and O–H groups in total. The zero-order valence-corrected chi connectivity index (χ0v) is 11.3. The van der Waals surface area contributed by atoms with E-state index in [9.17, 15) is 5.11 Å². The molecule has 0 spiro atoms. The Morgan fingerprint density at radius 1 is 1.56 bits per heavy atom. The molecule has 0 amide bonds. The van der Waals surface area contributed by atoms with Crippen LogP contribution in [0.25, 0.3) is 0 Å². The number of rotatable bonds is 5. The topological polar surface area (TPSA) is 38.7 Å². The van der Waals surface area contributed by atoms with Crippen LogP contribution >= 0.6 is 11.6 Å². The van der Waals surface area contributed by atoms with Crippen LogP contribution in [-0.4, -0.2) is 24.9 Å². The third kappa shape index (κ3) is 3.37. The lowest BCUT2D eigenvalue weighted by Crippen LogP contribution is -2.08. The summed E-state index contributed by atoms with van der Waals surface area (Å²) in [5, 5.41) is 10.7. The number of methoxy groups -OCH3 is 1. The van der Waals surface area contributed by atoms with E-state index in [4.69, 9.17) is 21.1 Å². The third-order valence-electron chi connectivity index (χ3n) is 3.35. The Labute approximate surface area is 113 Å². The van der Waals surface area contributed by atoms with Gasteiger partial charge in [0.15, 0.2) is 0 Å². The Bertz CT molecular complexity index is 389. The van der Waals surface area contributed by atoms with Crippen LogP contribution in [0.4, 0.5) is 0 Å². The monoisotopic (exact) mass is 270 g/mol. The fourth-order valence-electron chi connectivity index (χ4n) is 2.27. The highest BCUT2D eigenvalue weighted by molar-refractivity contribution is 6.32. The molecule has 0 bridgehead atoms. The van der Waals surface area contributed by atoms with Crippen molar-refractivity contribution in [3.8, 4) is 5.75 Å². The minimum Gasteiger partial charge on any atom is -0.495 e. The third-order valence-corrected chi connectivity index (χ3v) is 3.66. The lowest BCUT2D eigenvalue weighted by molar-refractivity contribution is 0.0812. The van der Waals surface area contributed by atoms with E-state index in [0.29, 0.717) is 23.3 Å². The molecule has 1 aromatic carbocycles. The molecule has 1 heterocycles. The second-order valence-electron chi connectivity index (χ2n) is 4.62. The first-order valence-corrected chi connectivity index (χ1v) is 6.71. The maximum Gasteiger partial charge on any atom is 0.137 e. The van der Waals surface area contributed by atoms with Crippen molar-refractivity contribution in [3.05, 3.63) is 28.8 Å². The summed E-state index contributed by atoms with van der Waals surface area (Å²) >= 11 is 5.96. The summed E-state index contributed by atoms with van der Waals surface area (Å²) < 4.78 is 10.7. The van der Waals surface area contributed by atoms with E-state index in [1.165, 1.54) is 0 Å². The lowest BCUT2D eigenvalue weighted by Gasteiger charge is -2.15. The smallest absolute Gasteiger partial charge is 0.137 e. The average molecular weight is 271 g/mol. The van der Waals surface area contributed by atoms with Gasteiger partial charge in [-0.05, 0) is 43.4 Å². The van der Waals surface area contributed by atoms with Gasteiger partial charge in [0.05, 0.1) is 24.3 Å². The number of aliphatic hydroxyl groups is 1. The highest BCUT2D eigenvalue weighted by Gasteiger charge is 2.18. The molecule has 1 saturated heterocycles. The molecule has 2 unspecified atom stereocenters. The van der Waals surface area contributed by atoms with Gasteiger partial charge in [-0.25, -0.2) is 0 Å². The van der Waals surface area contributed by atoms with Crippen LogP contribution in [0.3, 0.4) is 0 Å². The minimum absolute atomic E-state index is 0.314. The van der Waals surface area contributed by atoms with Crippen LogP contribution in [0.2, 0.25) is 5.02 Å². The molecule has 4 heteroatoms. The molecule has 1 aliphatic heterocycles. The van der Waals surface area contributed by atoms with Crippen molar-refractivity contribution in [1.82, 2.24) is 0 Å². The normalized spacial score (nSPS) is 20.9. The van der Waals surface area contributed by atoms with E-state index in [0.717, 1.165) is 31.4 Å². The van der Waals surface area contributed by atoms with Crippen molar-refractivity contribution < 1.29 is 14.6 Å². The lowest BCUT2D eigenvalue weighted by atomic mass is 10.0. The van der Waals surface area contributed by atoms with Crippen LogP contribution in [0.1, 0.15) is 37.4 Å². The number of hydrogen-bond donors (Lipinski definition) is 1. The van der Waals surface area contributed by atoms with Crippen molar-refractivity contribution >= 4 is 11.6 Å². The molecule has 0 radical (unpaired) electrons. The highest BCUT2D eigenvalue weighted by Crippen LogP contribution is 2.30. The Morgan fingerprint density at radius 2 is 2.39 bits per heavy atom. The van der Waals surface area contributed by atoms with Gasteiger partial charge in [-0.2, -0.15) is 0 Å². The van der Waals surface area contributed by atoms with Gasteiger partial charge in [0.2, 0.25) is 0 Å². The summed E-state index contributed by atoms with van der Waals surface area (Å²) in [6.07, 6.45) is 3.67. The van der Waals surface area contributed by atoms with Gasteiger partial charge in [0, 0.05) is 6.61 Å². The van der Waals surface area contributed by atoms with Crippen LogP contribution in [-0.2, 0) is 4.74 Å². The number of benzene rings is 1. The van der Waals surface area contributed by atoms with E-state index in [-0.39, 0.29) is 0 Å². The number of aliphatic hydroxyl groups excluding tert-OH is 1. The molecule has 2 rings (SSSR count). The second-order valence-corrected chi connectivity index (χ2v) is 5.03. The minimum atomic E-state index is -0.486. The SMILES string of the molecule is COc1cc(C(O)CCC2CCCO2)ccc1Cl. The molecule has 3 nitrogen and oxygen atoms in total. The quantitative estimate of drug-likeness (QED) is 0.892. The van der Waals surface area contributed by atoms with E-state index < -0.39 is 6.10 Å². The molecule has 1 aromatic rings.